The van der Waals surface area contributed by atoms with Crippen LogP contribution in [0.4, 0.5) is 25.1 Å². The van der Waals surface area contributed by atoms with Gasteiger partial charge < -0.3 is 10.6 Å². The molecule has 0 radical (unpaired) electrons. The highest BCUT2D eigenvalue weighted by atomic mass is 35.5. The van der Waals surface area contributed by atoms with Crippen molar-refractivity contribution in [1.82, 2.24) is 19.9 Å². The fourth-order valence-corrected chi connectivity index (χ4v) is 1.70. The molecule has 2 N–H and O–H groups in total. The first-order valence-electron chi connectivity index (χ1n) is 9.11. The fraction of sp³-hybridized carbons (Fsp3) is 0.429. The molecule has 130 valence electrons. The summed E-state index contributed by atoms with van der Waals surface area (Å²) < 4.78 is 76.3. The molecule has 10 heteroatoms. The zero-order valence-corrected chi connectivity index (χ0v) is 13.3. The van der Waals surface area contributed by atoms with Crippen molar-refractivity contribution >= 4 is 23.5 Å². The summed E-state index contributed by atoms with van der Waals surface area (Å²) >= 11 is 5.80. The van der Waals surface area contributed by atoms with E-state index in [9.17, 15) is 13.2 Å². The summed E-state index contributed by atoms with van der Waals surface area (Å²) in [6, 6.07) is -1.76. The van der Waals surface area contributed by atoms with Gasteiger partial charge in [0.2, 0.25) is 11.9 Å². The second-order valence-electron chi connectivity index (χ2n) is 4.73. The molecule has 0 aromatic carbocycles. The number of nitrogens with one attached hydrogen (secondary N) is 2. The summed E-state index contributed by atoms with van der Waals surface area (Å²) in [5.74, 6) is -1.20. The monoisotopic (exact) mass is 365 g/mol. The lowest BCUT2D eigenvalue weighted by Gasteiger charge is -2.18. The van der Waals surface area contributed by atoms with Crippen LogP contribution in [0.2, 0.25) is 5.15 Å². The number of pyridine rings is 1. The average molecular weight is 366 g/mol. The minimum atomic E-state index is -4.60. The molecule has 2 aromatic rings. The molecule has 2 atom stereocenters. The highest BCUT2D eigenvalue weighted by Crippen LogP contribution is 2.24. The van der Waals surface area contributed by atoms with Crippen LogP contribution in [0.15, 0.2) is 18.2 Å². The molecular weight excluding hydrogens is 345 g/mol. The van der Waals surface area contributed by atoms with Crippen molar-refractivity contribution in [2.24, 2.45) is 0 Å². The van der Waals surface area contributed by atoms with Gasteiger partial charge in [-0.2, -0.15) is 28.1 Å². The van der Waals surface area contributed by atoms with Gasteiger partial charge in [0.15, 0.2) is 5.82 Å². The molecule has 0 bridgehead atoms. The van der Waals surface area contributed by atoms with Gasteiger partial charge in [-0.1, -0.05) is 17.7 Å². The lowest BCUT2D eigenvalue weighted by molar-refractivity contribution is -0.138. The SMILES string of the molecule is [2H]c1ccc(-c2nc(N[C@H](C)C(F)(F)F)nc(N[C@@]([2H])(C)C([2H])([2H])[2H])n2)nc1Cl. The van der Waals surface area contributed by atoms with E-state index in [-0.39, 0.29) is 22.7 Å². The van der Waals surface area contributed by atoms with Crippen molar-refractivity contribution in [3.63, 3.8) is 0 Å². The van der Waals surface area contributed by atoms with E-state index in [0.29, 0.717) is 0 Å². The van der Waals surface area contributed by atoms with E-state index >= 15 is 0 Å². The van der Waals surface area contributed by atoms with E-state index in [1.54, 1.807) is 0 Å². The van der Waals surface area contributed by atoms with Crippen LogP contribution < -0.4 is 10.6 Å². The topological polar surface area (TPSA) is 75.6 Å². The van der Waals surface area contributed by atoms with Gasteiger partial charge in [-0.05, 0) is 32.8 Å². The van der Waals surface area contributed by atoms with Crippen molar-refractivity contribution in [3.8, 4) is 11.5 Å². The Morgan fingerprint density at radius 2 is 1.88 bits per heavy atom. The highest BCUT2D eigenvalue weighted by Gasteiger charge is 2.36. The number of rotatable bonds is 5. The Morgan fingerprint density at radius 1 is 1.21 bits per heavy atom. The van der Waals surface area contributed by atoms with Gasteiger partial charge in [-0.3, -0.25) is 0 Å². The van der Waals surface area contributed by atoms with Crippen LogP contribution in [-0.2, 0) is 0 Å². The molecule has 0 aliphatic rings. The smallest absolute Gasteiger partial charge is 0.352 e. The molecule has 0 unspecified atom stereocenters. The van der Waals surface area contributed by atoms with Gasteiger partial charge in [-0.15, -0.1) is 0 Å². The van der Waals surface area contributed by atoms with Gasteiger partial charge >= 0.3 is 6.18 Å². The molecular formula is C14H16ClF3N6. The zero-order valence-electron chi connectivity index (χ0n) is 17.5. The first-order chi connectivity index (χ1) is 13.1. The number of hydrogen-bond donors (Lipinski definition) is 2. The molecule has 0 saturated carbocycles. The summed E-state index contributed by atoms with van der Waals surface area (Å²) in [5.41, 5.74) is 0.0136. The van der Waals surface area contributed by atoms with Crippen LogP contribution in [0.1, 0.15) is 27.6 Å². The largest absolute Gasteiger partial charge is 0.408 e. The maximum atomic E-state index is 12.9. The highest BCUT2D eigenvalue weighted by molar-refractivity contribution is 6.29. The lowest BCUT2D eigenvalue weighted by atomic mass is 10.3. The number of anilines is 2. The molecule has 24 heavy (non-hydrogen) atoms. The van der Waals surface area contributed by atoms with Gasteiger partial charge in [0.05, 0.1) is 2.74 Å². The van der Waals surface area contributed by atoms with Gasteiger partial charge in [0.25, 0.3) is 0 Å². The van der Waals surface area contributed by atoms with E-state index in [2.05, 4.69) is 30.6 Å². The van der Waals surface area contributed by atoms with Crippen LogP contribution in [0.25, 0.3) is 11.5 Å². The lowest BCUT2D eigenvalue weighted by Crippen LogP contribution is -2.34. The van der Waals surface area contributed by atoms with Gasteiger partial charge in [0.1, 0.15) is 16.9 Å². The van der Waals surface area contributed by atoms with Crippen molar-refractivity contribution in [1.29, 1.82) is 0 Å². The summed E-state index contributed by atoms with van der Waals surface area (Å²) in [7, 11) is 0. The fourth-order valence-electron chi connectivity index (χ4n) is 1.54. The second-order valence-corrected chi connectivity index (χ2v) is 5.09. The van der Waals surface area contributed by atoms with Crippen LogP contribution in [0, 0.1) is 0 Å². The number of halogens is 4. The third-order valence-corrected chi connectivity index (χ3v) is 2.86. The number of hydrogen-bond acceptors (Lipinski definition) is 6. The molecule has 0 amide bonds. The first-order valence-corrected chi connectivity index (χ1v) is 6.99. The Kier molecular flexibility index (Phi) is 3.65. The van der Waals surface area contributed by atoms with Gasteiger partial charge in [0, 0.05) is 10.1 Å². The summed E-state index contributed by atoms with van der Waals surface area (Å²) in [5, 5.41) is 4.13. The average Bonchev–Trinajstić information content (AvgIpc) is 2.54. The molecule has 0 fully saturated rings. The Morgan fingerprint density at radius 3 is 2.46 bits per heavy atom. The number of alkyl halides is 3. The minimum absolute atomic E-state index is 0.0136. The van der Waals surface area contributed by atoms with E-state index < -0.39 is 37.0 Å². The van der Waals surface area contributed by atoms with Crippen molar-refractivity contribution in [2.75, 3.05) is 10.6 Å². The van der Waals surface area contributed by atoms with Crippen molar-refractivity contribution in [2.45, 2.75) is 38.9 Å². The van der Waals surface area contributed by atoms with E-state index in [4.69, 9.17) is 18.5 Å². The van der Waals surface area contributed by atoms with Crippen molar-refractivity contribution < 1.29 is 20.0 Å². The van der Waals surface area contributed by atoms with Crippen LogP contribution in [0.5, 0.6) is 0 Å². The zero-order chi connectivity index (χ0) is 22.2. The summed E-state index contributed by atoms with van der Waals surface area (Å²) in [6.07, 6.45) is -4.60. The standard InChI is InChI=1S/C14H16ClF3N6/c1-7(2)19-12-22-11(9-5-4-6-10(15)21-9)23-13(24-12)20-8(3)14(16,17)18/h4-8H,1-3H3,(H2,19,20,22,23,24)/t8-/m1/s1/i1D3,6D,7D/t7-,8-. The maximum absolute atomic E-state index is 12.9. The van der Waals surface area contributed by atoms with Crippen LogP contribution in [-0.4, -0.2) is 38.2 Å². The predicted molar refractivity (Wildman–Crippen MR) is 86.0 cm³/mol. The molecule has 6 nitrogen and oxygen atoms in total. The Hall–Kier alpha value is -2.16. The summed E-state index contributed by atoms with van der Waals surface area (Å²) in [4.78, 5) is 15.4. The quantitative estimate of drug-likeness (QED) is 0.785. The predicted octanol–water partition coefficient (Wildman–Crippen LogP) is 3.77. The molecule has 2 heterocycles. The van der Waals surface area contributed by atoms with Crippen molar-refractivity contribution in [3.05, 3.63) is 23.3 Å². The minimum Gasteiger partial charge on any atom is -0.352 e. The number of nitrogens with zero attached hydrogens (tertiary/aromatic N) is 4. The Labute approximate surface area is 148 Å². The Balaban J connectivity index is 2.52. The normalized spacial score (nSPS) is 19.0. The Bertz CT molecular complexity index is 893. The van der Waals surface area contributed by atoms with E-state index in [0.717, 1.165) is 13.8 Å². The maximum Gasteiger partial charge on any atom is 0.408 e. The molecule has 2 rings (SSSR count). The van der Waals surface area contributed by atoms with E-state index in [1.807, 2.05) is 0 Å². The third kappa shape index (κ3) is 4.92. The van der Waals surface area contributed by atoms with Gasteiger partial charge in [-0.25, -0.2) is 4.98 Å². The van der Waals surface area contributed by atoms with Crippen LogP contribution in [0.3, 0.4) is 0 Å². The number of aromatic nitrogens is 4. The molecule has 0 aliphatic carbocycles. The molecule has 0 saturated heterocycles. The molecule has 0 spiro atoms. The third-order valence-electron chi connectivity index (χ3n) is 2.66. The molecule has 2 aromatic heterocycles. The summed E-state index contributed by atoms with van der Waals surface area (Å²) in [6.45, 7) is -0.905. The van der Waals surface area contributed by atoms with Crippen LogP contribution >= 0.6 is 11.6 Å². The first kappa shape index (κ1) is 12.2. The van der Waals surface area contributed by atoms with E-state index in [1.165, 1.54) is 12.1 Å². The second kappa shape index (κ2) is 7.16. The molecule has 0 aliphatic heterocycles.